The molecule has 0 radical (unpaired) electrons. The molecule has 0 saturated heterocycles. The van der Waals surface area contributed by atoms with Crippen LogP contribution in [-0.2, 0) is 16.0 Å². The molecule has 0 heterocycles. The smallest absolute Gasteiger partial charge is 0.344 e. The molecule has 0 aliphatic heterocycles. The Balaban J connectivity index is 2.47. The Labute approximate surface area is 96.4 Å². The molecule has 1 rings (SSSR count). The molecule has 0 saturated carbocycles. The van der Waals surface area contributed by atoms with Crippen molar-refractivity contribution in [1.29, 1.82) is 0 Å². The molecule has 16 heavy (non-hydrogen) atoms. The van der Waals surface area contributed by atoms with Gasteiger partial charge in [-0.1, -0.05) is 25.5 Å². The van der Waals surface area contributed by atoms with Crippen LogP contribution in [0.15, 0.2) is 24.3 Å². The van der Waals surface area contributed by atoms with Crippen LogP contribution in [-0.4, -0.2) is 19.2 Å². The van der Waals surface area contributed by atoms with E-state index in [1.165, 1.54) is 5.56 Å². The van der Waals surface area contributed by atoms with E-state index in [2.05, 4.69) is 13.0 Å². The van der Waals surface area contributed by atoms with Gasteiger partial charge in [0, 0.05) is 0 Å². The van der Waals surface area contributed by atoms with Crippen molar-refractivity contribution < 1.29 is 14.3 Å². The summed E-state index contributed by atoms with van der Waals surface area (Å²) in [4.78, 5) is 11.1. The van der Waals surface area contributed by atoms with Gasteiger partial charge in [0.2, 0.25) is 0 Å². The highest BCUT2D eigenvalue weighted by Crippen LogP contribution is 2.14. The normalized spacial score (nSPS) is 9.88. The highest BCUT2D eigenvalue weighted by molar-refractivity contribution is 5.71. The van der Waals surface area contributed by atoms with Crippen LogP contribution in [0.5, 0.6) is 5.75 Å². The average molecular weight is 222 g/mol. The predicted molar refractivity (Wildman–Crippen MR) is 62.6 cm³/mol. The molecule has 88 valence electrons. The zero-order valence-electron chi connectivity index (χ0n) is 9.86. The second-order valence-electron chi connectivity index (χ2n) is 3.49. The number of esters is 1. The number of carbonyl (C=O) groups is 1. The maximum Gasteiger partial charge on any atom is 0.344 e. The van der Waals surface area contributed by atoms with E-state index in [4.69, 9.17) is 9.47 Å². The van der Waals surface area contributed by atoms with Crippen LogP contribution in [0.4, 0.5) is 0 Å². The molecule has 1 aromatic carbocycles. The van der Waals surface area contributed by atoms with Crippen molar-refractivity contribution in [2.75, 3.05) is 13.2 Å². The van der Waals surface area contributed by atoms with E-state index in [0.717, 1.165) is 18.6 Å². The van der Waals surface area contributed by atoms with E-state index in [1.807, 2.05) is 18.2 Å². The molecule has 0 unspecified atom stereocenters. The first-order valence-corrected chi connectivity index (χ1v) is 5.63. The average Bonchev–Trinajstić information content (AvgIpc) is 2.28. The number of hydrogen-bond donors (Lipinski definition) is 0. The van der Waals surface area contributed by atoms with E-state index in [0.29, 0.717) is 6.61 Å². The quantitative estimate of drug-likeness (QED) is 0.694. The van der Waals surface area contributed by atoms with Gasteiger partial charge in [-0.15, -0.1) is 0 Å². The van der Waals surface area contributed by atoms with Crippen LogP contribution in [0.2, 0.25) is 0 Å². The van der Waals surface area contributed by atoms with Crippen molar-refractivity contribution in [3.05, 3.63) is 29.8 Å². The summed E-state index contributed by atoms with van der Waals surface area (Å²) in [6.45, 7) is 4.27. The van der Waals surface area contributed by atoms with E-state index in [-0.39, 0.29) is 12.6 Å². The lowest BCUT2D eigenvalue weighted by molar-refractivity contribution is -0.145. The number of rotatable bonds is 6. The van der Waals surface area contributed by atoms with Crippen LogP contribution in [0.1, 0.15) is 25.8 Å². The Hall–Kier alpha value is -1.51. The van der Waals surface area contributed by atoms with Crippen LogP contribution < -0.4 is 4.74 Å². The minimum atomic E-state index is -0.330. The van der Waals surface area contributed by atoms with Gasteiger partial charge in [-0.2, -0.15) is 0 Å². The molecule has 0 atom stereocenters. The summed E-state index contributed by atoms with van der Waals surface area (Å²) >= 11 is 0. The van der Waals surface area contributed by atoms with Crippen molar-refractivity contribution in [2.24, 2.45) is 0 Å². The Morgan fingerprint density at radius 2 is 2.12 bits per heavy atom. The largest absolute Gasteiger partial charge is 0.482 e. The highest BCUT2D eigenvalue weighted by Gasteiger charge is 2.03. The zero-order valence-corrected chi connectivity index (χ0v) is 9.86. The third-order valence-corrected chi connectivity index (χ3v) is 2.10. The second kappa shape index (κ2) is 6.88. The fourth-order valence-corrected chi connectivity index (χ4v) is 1.42. The molecular formula is C13H18O3. The summed E-state index contributed by atoms with van der Waals surface area (Å²) in [7, 11) is 0. The Morgan fingerprint density at radius 3 is 2.81 bits per heavy atom. The number of aryl methyl sites for hydroxylation is 1. The van der Waals surface area contributed by atoms with Gasteiger partial charge in [-0.05, 0) is 31.0 Å². The summed E-state index contributed by atoms with van der Waals surface area (Å²) in [5, 5.41) is 0. The summed E-state index contributed by atoms with van der Waals surface area (Å²) in [5.74, 6) is 0.391. The van der Waals surface area contributed by atoms with Crippen LogP contribution in [0.3, 0.4) is 0 Å². The van der Waals surface area contributed by atoms with Gasteiger partial charge in [-0.3, -0.25) is 0 Å². The third-order valence-electron chi connectivity index (χ3n) is 2.10. The van der Waals surface area contributed by atoms with Gasteiger partial charge in [-0.25, -0.2) is 4.79 Å². The Bertz CT molecular complexity index is 334. The fraction of sp³-hybridized carbons (Fsp3) is 0.462. The van der Waals surface area contributed by atoms with Crippen molar-refractivity contribution >= 4 is 5.97 Å². The maximum atomic E-state index is 11.1. The Kier molecular flexibility index (Phi) is 5.40. The topological polar surface area (TPSA) is 35.5 Å². The van der Waals surface area contributed by atoms with E-state index in [1.54, 1.807) is 6.92 Å². The van der Waals surface area contributed by atoms with Gasteiger partial charge in [0.1, 0.15) is 5.75 Å². The summed E-state index contributed by atoms with van der Waals surface area (Å²) in [6, 6.07) is 7.80. The molecule has 0 fully saturated rings. The molecule has 1 aromatic rings. The lowest BCUT2D eigenvalue weighted by Crippen LogP contribution is -2.14. The van der Waals surface area contributed by atoms with Crippen molar-refractivity contribution in [3.8, 4) is 5.75 Å². The minimum absolute atomic E-state index is 0.0244. The monoisotopic (exact) mass is 222 g/mol. The lowest BCUT2D eigenvalue weighted by Gasteiger charge is -2.07. The number of carbonyl (C=O) groups excluding carboxylic acids is 1. The Morgan fingerprint density at radius 1 is 1.31 bits per heavy atom. The van der Waals surface area contributed by atoms with Crippen LogP contribution in [0, 0.1) is 0 Å². The minimum Gasteiger partial charge on any atom is -0.482 e. The molecule has 3 nitrogen and oxygen atoms in total. The molecule has 0 aromatic heterocycles. The van der Waals surface area contributed by atoms with Gasteiger partial charge in [0.15, 0.2) is 6.61 Å². The standard InChI is InChI=1S/C13H18O3/c1-3-6-11-7-5-8-12(9-11)16-10-13(14)15-4-2/h5,7-9H,3-4,6,10H2,1-2H3. The van der Waals surface area contributed by atoms with Gasteiger partial charge in [0.05, 0.1) is 6.61 Å². The molecule has 3 heteroatoms. The SMILES string of the molecule is CCCc1cccc(OCC(=O)OCC)c1. The fourth-order valence-electron chi connectivity index (χ4n) is 1.42. The van der Waals surface area contributed by atoms with E-state index >= 15 is 0 Å². The van der Waals surface area contributed by atoms with Crippen molar-refractivity contribution in [2.45, 2.75) is 26.7 Å². The zero-order chi connectivity index (χ0) is 11.8. The lowest BCUT2D eigenvalue weighted by atomic mass is 10.1. The summed E-state index contributed by atoms with van der Waals surface area (Å²) in [6.07, 6.45) is 2.12. The first kappa shape index (κ1) is 12.6. The van der Waals surface area contributed by atoms with E-state index < -0.39 is 0 Å². The van der Waals surface area contributed by atoms with Gasteiger partial charge >= 0.3 is 5.97 Å². The van der Waals surface area contributed by atoms with E-state index in [9.17, 15) is 4.79 Å². The summed E-state index contributed by atoms with van der Waals surface area (Å²) in [5.41, 5.74) is 1.23. The highest BCUT2D eigenvalue weighted by atomic mass is 16.6. The maximum absolute atomic E-state index is 11.1. The molecule has 0 bridgehead atoms. The number of benzene rings is 1. The van der Waals surface area contributed by atoms with Crippen LogP contribution in [0.25, 0.3) is 0 Å². The van der Waals surface area contributed by atoms with Crippen molar-refractivity contribution in [1.82, 2.24) is 0 Å². The molecule has 0 N–H and O–H groups in total. The third kappa shape index (κ3) is 4.34. The molecule has 0 aliphatic carbocycles. The van der Waals surface area contributed by atoms with Gasteiger partial charge < -0.3 is 9.47 Å². The van der Waals surface area contributed by atoms with Crippen molar-refractivity contribution in [3.63, 3.8) is 0 Å². The molecular weight excluding hydrogens is 204 g/mol. The summed E-state index contributed by atoms with van der Waals surface area (Å²) < 4.78 is 10.1. The first-order chi connectivity index (χ1) is 7.76. The number of ether oxygens (including phenoxy) is 2. The first-order valence-electron chi connectivity index (χ1n) is 5.63. The number of hydrogen-bond acceptors (Lipinski definition) is 3. The molecule has 0 aliphatic rings. The predicted octanol–water partition coefficient (Wildman–Crippen LogP) is 2.58. The molecule has 0 spiro atoms. The second-order valence-corrected chi connectivity index (χ2v) is 3.49. The van der Waals surface area contributed by atoms with Crippen LogP contribution >= 0.6 is 0 Å². The van der Waals surface area contributed by atoms with Gasteiger partial charge in [0.25, 0.3) is 0 Å². The molecule has 0 amide bonds.